The summed E-state index contributed by atoms with van der Waals surface area (Å²) < 4.78 is 0. The number of hydrogen-bond acceptors (Lipinski definition) is 9. The number of hydrogen-bond donors (Lipinski definition) is 4. The normalized spacial score (nSPS) is 26.8. The van der Waals surface area contributed by atoms with Gasteiger partial charge in [0.1, 0.15) is 12.0 Å². The summed E-state index contributed by atoms with van der Waals surface area (Å²) in [6.45, 7) is 4.20. The average molecular weight is 568 g/mol. The van der Waals surface area contributed by atoms with Crippen LogP contribution in [0.3, 0.4) is 0 Å². The minimum atomic E-state index is -1.20. The molecule has 0 saturated carbocycles. The smallest absolute Gasteiger partial charge is 0.353 e. The van der Waals surface area contributed by atoms with Crippen LogP contribution in [-0.2, 0) is 20.9 Å². The van der Waals surface area contributed by atoms with Gasteiger partial charge in [-0.25, -0.2) is 19.6 Å². The van der Waals surface area contributed by atoms with Crippen LogP contribution in [0.2, 0.25) is 0 Å². The van der Waals surface area contributed by atoms with Crippen molar-refractivity contribution in [1.29, 1.82) is 0 Å². The summed E-state index contributed by atoms with van der Waals surface area (Å²) in [6, 6.07) is 6.73. The second-order valence-corrected chi connectivity index (χ2v) is 11.6. The van der Waals surface area contributed by atoms with Gasteiger partial charge in [0.25, 0.3) is 0 Å². The SMILES string of the molecule is C[C@@H](O)[C@H]1C(=O)N2C(C(=O)O)=C(S[C@H]3C[C@@H](C(=O)Nc4cccc(C(=O)O)c4)N(Cc4ccncn4)C3)[C@H](C)[C@H]12. The van der Waals surface area contributed by atoms with E-state index >= 15 is 0 Å². The topological polar surface area (TPSA) is 173 Å². The molecule has 2 fully saturated rings. The summed E-state index contributed by atoms with van der Waals surface area (Å²) in [5.41, 5.74) is 1.06. The van der Waals surface area contributed by atoms with Crippen LogP contribution >= 0.6 is 11.8 Å². The number of rotatable bonds is 9. The van der Waals surface area contributed by atoms with Crippen molar-refractivity contribution < 1.29 is 34.5 Å². The molecule has 4 heterocycles. The Morgan fingerprint density at radius 3 is 2.62 bits per heavy atom. The maximum absolute atomic E-state index is 13.5. The maximum atomic E-state index is 13.5. The van der Waals surface area contributed by atoms with Gasteiger partial charge in [-0.3, -0.25) is 14.5 Å². The summed E-state index contributed by atoms with van der Waals surface area (Å²) in [4.78, 5) is 61.8. The van der Waals surface area contributed by atoms with E-state index < -0.39 is 42.0 Å². The minimum absolute atomic E-state index is 0.0496. The lowest BCUT2D eigenvalue weighted by atomic mass is 9.79. The Hall–Kier alpha value is -3.81. The Kier molecular flexibility index (Phi) is 7.62. The van der Waals surface area contributed by atoms with Crippen LogP contribution in [0.4, 0.5) is 5.69 Å². The van der Waals surface area contributed by atoms with Gasteiger partial charge >= 0.3 is 11.9 Å². The van der Waals surface area contributed by atoms with Crippen LogP contribution in [-0.4, -0.2) is 88.8 Å². The first-order valence-corrected chi connectivity index (χ1v) is 13.7. The first kappa shape index (κ1) is 27.7. The number of aliphatic hydroxyl groups is 1. The zero-order valence-corrected chi connectivity index (χ0v) is 22.6. The number of fused-ring (bicyclic) bond motifs is 1. The second-order valence-electron chi connectivity index (χ2n) is 10.3. The Morgan fingerprint density at radius 2 is 1.98 bits per heavy atom. The van der Waals surface area contributed by atoms with E-state index in [1.165, 1.54) is 42.0 Å². The van der Waals surface area contributed by atoms with E-state index in [4.69, 9.17) is 0 Å². The van der Waals surface area contributed by atoms with Gasteiger partial charge < -0.3 is 25.5 Å². The number of aliphatic hydroxyl groups excluding tert-OH is 1. The molecule has 0 spiro atoms. The molecule has 1 aromatic heterocycles. The van der Waals surface area contributed by atoms with E-state index in [-0.39, 0.29) is 28.3 Å². The third-order valence-corrected chi connectivity index (χ3v) is 9.15. The zero-order valence-electron chi connectivity index (χ0n) is 21.8. The van der Waals surface area contributed by atoms with Crippen LogP contribution in [0, 0.1) is 11.8 Å². The summed E-state index contributed by atoms with van der Waals surface area (Å²) in [5.74, 6) is -3.95. The number of aromatic carboxylic acids is 1. The lowest BCUT2D eigenvalue weighted by Crippen LogP contribution is -2.63. The number of aliphatic carboxylic acids is 1. The fraction of sp³-hybridized carbons (Fsp3) is 0.407. The van der Waals surface area contributed by atoms with E-state index in [0.29, 0.717) is 35.8 Å². The number of carbonyl (C=O) groups is 4. The first-order chi connectivity index (χ1) is 19.1. The molecule has 5 rings (SSSR count). The van der Waals surface area contributed by atoms with E-state index in [9.17, 15) is 34.5 Å². The highest BCUT2D eigenvalue weighted by Gasteiger charge is 2.60. The molecule has 2 saturated heterocycles. The standard InChI is InChI=1S/C27H29N5O7S/c1-13-21-20(14(2)33)25(35)32(21)22(27(38)39)23(13)40-18-9-19(31(11-18)10-17-6-7-28-12-29-17)24(34)30-16-5-3-4-15(8-16)26(36)37/h3-8,12-14,18-21,33H,9-11H2,1-2H3,(H,30,34)(H,36,37)(H,38,39)/t13-,14-,18+,19+,20-,21-/m1/s1. The number of nitrogens with one attached hydrogen (secondary N) is 1. The van der Waals surface area contributed by atoms with Crippen LogP contribution in [0.1, 0.15) is 36.3 Å². The molecular formula is C27H29N5O7S. The van der Waals surface area contributed by atoms with Gasteiger partial charge in [0.05, 0.1) is 35.4 Å². The minimum Gasteiger partial charge on any atom is -0.478 e. The van der Waals surface area contributed by atoms with Gasteiger partial charge in [-0.05, 0) is 37.6 Å². The van der Waals surface area contributed by atoms with Gasteiger partial charge in [0.2, 0.25) is 11.8 Å². The maximum Gasteiger partial charge on any atom is 0.353 e. The molecule has 13 heteroatoms. The highest BCUT2D eigenvalue weighted by Crippen LogP contribution is 2.52. The molecule has 210 valence electrons. The van der Waals surface area contributed by atoms with Crippen LogP contribution in [0.25, 0.3) is 0 Å². The number of anilines is 1. The van der Waals surface area contributed by atoms with Crippen molar-refractivity contribution in [2.75, 3.05) is 11.9 Å². The molecule has 0 aliphatic carbocycles. The molecule has 0 radical (unpaired) electrons. The molecule has 4 N–H and O–H groups in total. The number of nitrogens with zero attached hydrogens (tertiary/aromatic N) is 4. The lowest BCUT2D eigenvalue weighted by molar-refractivity contribution is -0.163. The van der Waals surface area contributed by atoms with Gasteiger partial charge in [-0.2, -0.15) is 0 Å². The van der Waals surface area contributed by atoms with Crippen molar-refractivity contribution in [2.45, 2.75) is 50.3 Å². The van der Waals surface area contributed by atoms with E-state index in [2.05, 4.69) is 15.3 Å². The number of thioether (sulfide) groups is 1. The molecule has 3 aliphatic rings. The van der Waals surface area contributed by atoms with Crippen molar-refractivity contribution >= 4 is 41.2 Å². The number of carbonyl (C=O) groups excluding carboxylic acids is 2. The fourth-order valence-electron chi connectivity index (χ4n) is 5.83. The Balaban J connectivity index is 1.38. The predicted molar refractivity (Wildman–Crippen MR) is 144 cm³/mol. The number of aromatic nitrogens is 2. The molecule has 1 aromatic carbocycles. The quantitative estimate of drug-likeness (QED) is 0.324. The van der Waals surface area contributed by atoms with Crippen LogP contribution < -0.4 is 5.32 Å². The van der Waals surface area contributed by atoms with Crippen LogP contribution in [0.15, 0.2) is 53.5 Å². The van der Waals surface area contributed by atoms with Crippen LogP contribution in [0.5, 0.6) is 0 Å². The second kappa shape index (κ2) is 11.0. The Morgan fingerprint density at radius 1 is 1.20 bits per heavy atom. The van der Waals surface area contributed by atoms with Gasteiger partial charge in [-0.1, -0.05) is 13.0 Å². The fourth-order valence-corrected chi connectivity index (χ4v) is 7.38. The average Bonchev–Trinajstić information content (AvgIpc) is 3.41. The lowest BCUT2D eigenvalue weighted by Gasteiger charge is -2.46. The molecule has 3 aliphatic heterocycles. The van der Waals surface area contributed by atoms with Crippen molar-refractivity contribution in [2.24, 2.45) is 11.8 Å². The first-order valence-electron chi connectivity index (χ1n) is 12.8. The molecule has 40 heavy (non-hydrogen) atoms. The van der Waals surface area contributed by atoms with E-state index in [1.54, 1.807) is 24.4 Å². The summed E-state index contributed by atoms with van der Waals surface area (Å²) in [5, 5.41) is 32.1. The van der Waals surface area contributed by atoms with Crippen molar-refractivity contribution in [3.8, 4) is 0 Å². The molecule has 6 atom stereocenters. The number of amides is 2. The van der Waals surface area contributed by atoms with Crippen molar-refractivity contribution in [3.05, 3.63) is 64.7 Å². The van der Waals surface area contributed by atoms with Crippen molar-refractivity contribution in [1.82, 2.24) is 19.8 Å². The molecular weight excluding hydrogens is 538 g/mol. The predicted octanol–water partition coefficient (Wildman–Crippen LogP) is 1.64. The third kappa shape index (κ3) is 5.07. The molecule has 0 bridgehead atoms. The highest BCUT2D eigenvalue weighted by atomic mass is 32.2. The summed E-state index contributed by atoms with van der Waals surface area (Å²) in [7, 11) is 0. The van der Waals surface area contributed by atoms with E-state index in [1.807, 2.05) is 11.8 Å². The summed E-state index contributed by atoms with van der Waals surface area (Å²) >= 11 is 1.36. The van der Waals surface area contributed by atoms with Crippen molar-refractivity contribution in [3.63, 3.8) is 0 Å². The molecule has 2 amide bonds. The zero-order chi connectivity index (χ0) is 28.7. The van der Waals surface area contributed by atoms with Gasteiger partial charge in [-0.15, -0.1) is 11.8 Å². The third-order valence-electron chi connectivity index (χ3n) is 7.66. The molecule has 12 nitrogen and oxygen atoms in total. The number of benzene rings is 1. The number of β-lactam (4-membered cyclic amide) rings is 1. The number of carboxylic acid groups (broad SMARTS) is 2. The largest absolute Gasteiger partial charge is 0.478 e. The Bertz CT molecular complexity index is 1380. The summed E-state index contributed by atoms with van der Waals surface area (Å²) in [6.07, 6.45) is 2.54. The number of likely N-dealkylation sites (tertiary alicyclic amines) is 1. The number of carboxylic acids is 2. The van der Waals surface area contributed by atoms with Gasteiger partial charge in [0, 0.05) is 41.0 Å². The molecule has 0 unspecified atom stereocenters. The van der Waals surface area contributed by atoms with E-state index in [0.717, 1.165) is 0 Å². The highest BCUT2D eigenvalue weighted by molar-refractivity contribution is 8.03. The molecule has 2 aromatic rings. The Labute approximate surface area is 234 Å². The monoisotopic (exact) mass is 567 g/mol. The van der Waals surface area contributed by atoms with Gasteiger partial charge in [0.15, 0.2) is 0 Å².